The van der Waals surface area contributed by atoms with Gasteiger partial charge in [0.2, 0.25) is 11.5 Å². The van der Waals surface area contributed by atoms with Gasteiger partial charge in [0.1, 0.15) is 46.4 Å². The predicted octanol–water partition coefficient (Wildman–Crippen LogP) is 4.43. The van der Waals surface area contributed by atoms with Gasteiger partial charge in [0.05, 0.1) is 24.5 Å². The van der Waals surface area contributed by atoms with E-state index in [1.54, 1.807) is 0 Å². The van der Waals surface area contributed by atoms with Gasteiger partial charge in [-0.1, -0.05) is 0 Å². The standard InChI is InChI=1S/C31H25F5N4O5/c1-29(28(37)42)14-44-26-21(29)11-23(40-25(26)15-2-4-18(32)5-3-15)30(43,31(34,35)36)13-39-27(41)17-8-16-9-19(33)12-38-24(16)22(10-17)45-20-6-7-20/h2-5,8-12,20,43H,6-7,13-14H2,1H3,(H2,37,42)(H,39,41). The van der Waals surface area contributed by atoms with E-state index in [1.807, 2.05) is 0 Å². The zero-order valence-electron chi connectivity index (χ0n) is 23.5. The summed E-state index contributed by atoms with van der Waals surface area (Å²) < 4.78 is 83.2. The Morgan fingerprint density at radius 2 is 1.82 bits per heavy atom. The highest BCUT2D eigenvalue weighted by atomic mass is 19.4. The molecule has 9 nitrogen and oxygen atoms in total. The Morgan fingerprint density at radius 3 is 2.47 bits per heavy atom. The van der Waals surface area contributed by atoms with Gasteiger partial charge in [-0.15, -0.1) is 0 Å². The van der Waals surface area contributed by atoms with E-state index in [1.165, 1.54) is 31.2 Å². The number of rotatable bonds is 8. The van der Waals surface area contributed by atoms with Crippen LogP contribution in [0.25, 0.3) is 22.2 Å². The molecule has 2 atom stereocenters. The minimum absolute atomic E-state index is 0.0552. The first-order valence-electron chi connectivity index (χ1n) is 13.8. The van der Waals surface area contributed by atoms with E-state index < -0.39 is 52.9 Å². The Bertz CT molecular complexity index is 1850. The number of ether oxygens (including phenoxy) is 2. The average molecular weight is 629 g/mol. The van der Waals surface area contributed by atoms with Crippen LogP contribution in [0.1, 0.15) is 41.4 Å². The number of pyridine rings is 2. The Hall–Kier alpha value is -4.85. The molecule has 2 amide bonds. The molecule has 4 aromatic rings. The molecule has 2 aliphatic rings. The number of benzene rings is 2. The summed E-state index contributed by atoms with van der Waals surface area (Å²) in [4.78, 5) is 33.7. The van der Waals surface area contributed by atoms with Crippen molar-refractivity contribution in [1.82, 2.24) is 15.3 Å². The average Bonchev–Trinajstić information content (AvgIpc) is 3.74. The Balaban J connectivity index is 1.40. The fourth-order valence-corrected chi connectivity index (χ4v) is 5.02. The number of nitrogens with two attached hydrogens (primary N) is 1. The molecule has 3 heterocycles. The molecule has 2 unspecified atom stereocenters. The minimum Gasteiger partial charge on any atom is -0.489 e. The molecule has 1 aliphatic heterocycles. The summed E-state index contributed by atoms with van der Waals surface area (Å²) in [7, 11) is 0. The number of primary amides is 1. The summed E-state index contributed by atoms with van der Waals surface area (Å²) in [5, 5.41) is 13.5. The van der Waals surface area contributed by atoms with Gasteiger partial charge in [-0.25, -0.2) is 18.7 Å². The van der Waals surface area contributed by atoms with Crippen molar-refractivity contribution < 1.29 is 46.1 Å². The second-order valence-electron chi connectivity index (χ2n) is 11.3. The van der Waals surface area contributed by atoms with Crippen LogP contribution in [0.2, 0.25) is 0 Å². The topological polar surface area (TPSA) is 137 Å². The number of halogens is 5. The van der Waals surface area contributed by atoms with Gasteiger partial charge >= 0.3 is 6.18 Å². The zero-order valence-corrected chi connectivity index (χ0v) is 23.5. The third-order valence-electron chi connectivity index (χ3n) is 7.93. The molecule has 2 aromatic heterocycles. The Labute approximate surface area is 252 Å². The number of nitrogens with zero attached hydrogens (tertiary/aromatic N) is 2. The SMILES string of the molecule is CC1(C(N)=O)COc2c1cc(C(O)(CNC(=O)c1cc(OC3CC3)c3ncc(F)cc3c1)C(F)(F)F)nc2-c1ccc(F)cc1. The lowest BCUT2D eigenvalue weighted by molar-refractivity contribution is -0.265. The zero-order chi connectivity index (χ0) is 32.3. The van der Waals surface area contributed by atoms with Gasteiger partial charge in [-0.05, 0) is 68.3 Å². The lowest BCUT2D eigenvalue weighted by Gasteiger charge is -2.31. The van der Waals surface area contributed by atoms with Crippen LogP contribution in [0.15, 0.2) is 54.7 Å². The van der Waals surface area contributed by atoms with Crippen molar-refractivity contribution >= 4 is 22.7 Å². The van der Waals surface area contributed by atoms with E-state index in [-0.39, 0.29) is 57.5 Å². The highest BCUT2D eigenvalue weighted by Gasteiger charge is 2.57. The van der Waals surface area contributed by atoms with Crippen molar-refractivity contribution in [2.45, 2.75) is 43.1 Å². The maximum atomic E-state index is 14.7. The molecule has 14 heteroatoms. The van der Waals surface area contributed by atoms with Crippen molar-refractivity contribution in [1.29, 1.82) is 0 Å². The van der Waals surface area contributed by atoms with E-state index in [0.717, 1.165) is 43.3 Å². The number of alkyl halides is 3. The molecule has 0 saturated heterocycles. The van der Waals surface area contributed by atoms with E-state index >= 15 is 0 Å². The molecule has 4 N–H and O–H groups in total. The summed E-state index contributed by atoms with van der Waals surface area (Å²) in [5.41, 5.74) is -0.792. The second-order valence-corrected chi connectivity index (χ2v) is 11.3. The molecular formula is C31H25F5N4O5. The highest BCUT2D eigenvalue weighted by molar-refractivity contribution is 6.00. The lowest BCUT2D eigenvalue weighted by Crippen LogP contribution is -2.51. The van der Waals surface area contributed by atoms with Crippen LogP contribution in [0.5, 0.6) is 11.5 Å². The van der Waals surface area contributed by atoms with Gasteiger partial charge in [0.15, 0.2) is 0 Å². The van der Waals surface area contributed by atoms with E-state index in [4.69, 9.17) is 15.2 Å². The quantitative estimate of drug-likeness (QED) is 0.246. The molecule has 1 saturated carbocycles. The van der Waals surface area contributed by atoms with Crippen LogP contribution in [0, 0.1) is 11.6 Å². The number of aromatic nitrogens is 2. The first-order chi connectivity index (χ1) is 21.2. The van der Waals surface area contributed by atoms with Crippen LogP contribution in [0.4, 0.5) is 22.0 Å². The van der Waals surface area contributed by atoms with Gasteiger partial charge in [-0.2, -0.15) is 13.2 Å². The van der Waals surface area contributed by atoms with E-state index in [2.05, 4.69) is 15.3 Å². The van der Waals surface area contributed by atoms with Crippen LogP contribution < -0.4 is 20.5 Å². The number of carbonyl (C=O) groups excluding carboxylic acids is 2. The van der Waals surface area contributed by atoms with Gasteiger partial charge < -0.3 is 25.6 Å². The van der Waals surface area contributed by atoms with Crippen LogP contribution in [-0.4, -0.2) is 52.3 Å². The van der Waals surface area contributed by atoms with Gasteiger partial charge in [0.25, 0.3) is 5.91 Å². The molecule has 2 aromatic carbocycles. The maximum Gasteiger partial charge on any atom is 0.424 e. The molecule has 0 bridgehead atoms. The first kappa shape index (κ1) is 30.2. The fraction of sp³-hybridized carbons (Fsp3) is 0.290. The van der Waals surface area contributed by atoms with E-state index in [0.29, 0.717) is 0 Å². The van der Waals surface area contributed by atoms with Crippen molar-refractivity contribution in [3.63, 3.8) is 0 Å². The molecule has 1 fully saturated rings. The van der Waals surface area contributed by atoms with Gasteiger partial charge in [-0.3, -0.25) is 9.59 Å². The Kier molecular flexibility index (Phi) is 7.14. The summed E-state index contributed by atoms with van der Waals surface area (Å²) in [6.45, 7) is -0.357. The lowest BCUT2D eigenvalue weighted by atomic mass is 9.81. The minimum atomic E-state index is -5.40. The van der Waals surface area contributed by atoms with Crippen molar-refractivity contribution in [3.05, 3.63) is 83.2 Å². The van der Waals surface area contributed by atoms with Crippen LogP contribution >= 0.6 is 0 Å². The number of amides is 2. The number of aliphatic hydroxyl groups is 1. The number of nitrogens with one attached hydrogen (secondary N) is 1. The number of carbonyl (C=O) groups is 2. The molecule has 1 aliphatic carbocycles. The molecular weight excluding hydrogens is 603 g/mol. The number of hydrogen-bond acceptors (Lipinski definition) is 7. The maximum absolute atomic E-state index is 14.7. The highest BCUT2D eigenvalue weighted by Crippen LogP contribution is 2.47. The predicted molar refractivity (Wildman–Crippen MR) is 149 cm³/mol. The normalized spacial score (nSPS) is 19.0. The third kappa shape index (κ3) is 5.39. The largest absolute Gasteiger partial charge is 0.489 e. The summed E-state index contributed by atoms with van der Waals surface area (Å²) in [5.74, 6) is -3.16. The van der Waals surface area contributed by atoms with Crippen LogP contribution in [-0.2, 0) is 15.8 Å². The number of fused-ring (bicyclic) bond motifs is 2. The van der Waals surface area contributed by atoms with E-state index in [9.17, 15) is 36.6 Å². The van der Waals surface area contributed by atoms with Gasteiger partial charge in [0, 0.05) is 22.1 Å². The second kappa shape index (κ2) is 10.6. The smallest absolute Gasteiger partial charge is 0.424 e. The summed E-state index contributed by atoms with van der Waals surface area (Å²) in [6.07, 6.45) is -3.05. The molecule has 6 rings (SSSR count). The van der Waals surface area contributed by atoms with Crippen molar-refractivity contribution in [2.24, 2.45) is 5.73 Å². The van der Waals surface area contributed by atoms with Crippen molar-refractivity contribution in [3.8, 4) is 22.8 Å². The molecule has 0 radical (unpaired) electrons. The summed E-state index contributed by atoms with van der Waals surface area (Å²) >= 11 is 0. The first-order valence-corrected chi connectivity index (χ1v) is 13.8. The third-order valence-corrected chi connectivity index (χ3v) is 7.93. The molecule has 45 heavy (non-hydrogen) atoms. The fourth-order valence-electron chi connectivity index (χ4n) is 5.02. The van der Waals surface area contributed by atoms with Crippen molar-refractivity contribution in [2.75, 3.05) is 13.2 Å². The Morgan fingerprint density at radius 1 is 1.11 bits per heavy atom. The number of hydrogen-bond donors (Lipinski definition) is 3. The van der Waals surface area contributed by atoms with Crippen LogP contribution in [0.3, 0.4) is 0 Å². The molecule has 0 spiro atoms. The monoisotopic (exact) mass is 628 g/mol. The summed E-state index contributed by atoms with van der Waals surface area (Å²) in [6, 6.07) is 9.10. The molecule has 234 valence electrons.